The summed E-state index contributed by atoms with van der Waals surface area (Å²) in [6, 6.07) is 7.37. The number of nitrogens with one attached hydrogen (secondary N) is 1. The number of nitrogens with zero attached hydrogens (tertiary/aromatic N) is 2. The number of hydrogen-bond acceptors (Lipinski definition) is 4. The first-order valence-corrected chi connectivity index (χ1v) is 6.20. The Morgan fingerprint density at radius 3 is 2.89 bits per heavy atom. The van der Waals surface area contributed by atoms with Gasteiger partial charge in [0.1, 0.15) is 11.6 Å². The van der Waals surface area contributed by atoms with Crippen molar-refractivity contribution in [1.29, 1.82) is 5.26 Å². The second kappa shape index (κ2) is 4.90. The van der Waals surface area contributed by atoms with Crippen molar-refractivity contribution in [1.82, 2.24) is 5.32 Å². The summed E-state index contributed by atoms with van der Waals surface area (Å²) in [7, 11) is 0. The fourth-order valence-electron chi connectivity index (χ4n) is 2.33. The minimum Gasteiger partial charge on any atom is -0.392 e. The van der Waals surface area contributed by atoms with E-state index in [1.165, 1.54) is 0 Å². The van der Waals surface area contributed by atoms with Gasteiger partial charge in [-0.25, -0.2) is 0 Å². The lowest BCUT2D eigenvalue weighted by Gasteiger charge is -2.43. The first kappa shape index (κ1) is 13.4. The van der Waals surface area contributed by atoms with Crippen molar-refractivity contribution in [2.75, 3.05) is 18.0 Å². The average Bonchev–Trinajstić information content (AvgIpc) is 2.41. The van der Waals surface area contributed by atoms with Crippen molar-refractivity contribution in [2.24, 2.45) is 0 Å². The van der Waals surface area contributed by atoms with E-state index in [1.807, 2.05) is 18.7 Å². The van der Waals surface area contributed by atoms with Gasteiger partial charge < -0.3 is 15.3 Å². The Morgan fingerprint density at radius 1 is 1.53 bits per heavy atom. The van der Waals surface area contributed by atoms with E-state index in [-0.39, 0.29) is 12.5 Å². The number of rotatable bonds is 2. The molecule has 1 aliphatic rings. The normalized spacial score (nSPS) is 17.8. The average molecular weight is 259 g/mol. The second-order valence-electron chi connectivity index (χ2n) is 5.09. The van der Waals surface area contributed by atoms with Gasteiger partial charge in [-0.05, 0) is 31.5 Å². The number of piperazine rings is 1. The van der Waals surface area contributed by atoms with E-state index >= 15 is 0 Å². The van der Waals surface area contributed by atoms with Crippen LogP contribution in [0.5, 0.6) is 0 Å². The van der Waals surface area contributed by atoms with E-state index in [0.29, 0.717) is 24.2 Å². The fraction of sp³-hybridized carbons (Fsp3) is 0.429. The van der Waals surface area contributed by atoms with Gasteiger partial charge in [0.2, 0.25) is 5.91 Å². The van der Waals surface area contributed by atoms with Crippen molar-refractivity contribution in [3.05, 3.63) is 29.3 Å². The van der Waals surface area contributed by atoms with Crippen LogP contribution in [0.25, 0.3) is 0 Å². The molecule has 1 aromatic carbocycles. The van der Waals surface area contributed by atoms with Gasteiger partial charge in [0.05, 0.1) is 17.9 Å². The molecule has 0 atom stereocenters. The molecule has 1 fully saturated rings. The van der Waals surface area contributed by atoms with Crippen LogP contribution in [-0.4, -0.2) is 29.6 Å². The maximum atomic E-state index is 11.9. The Kier molecular flexibility index (Phi) is 3.45. The van der Waals surface area contributed by atoms with Gasteiger partial charge in [-0.2, -0.15) is 5.26 Å². The minimum atomic E-state index is -0.690. The van der Waals surface area contributed by atoms with Crippen LogP contribution in [0.1, 0.15) is 25.0 Å². The topological polar surface area (TPSA) is 76.4 Å². The predicted octanol–water partition coefficient (Wildman–Crippen LogP) is 0.765. The van der Waals surface area contributed by atoms with Crippen molar-refractivity contribution < 1.29 is 9.90 Å². The van der Waals surface area contributed by atoms with Crippen LogP contribution < -0.4 is 10.2 Å². The number of amides is 1. The largest absolute Gasteiger partial charge is 0.392 e. The quantitative estimate of drug-likeness (QED) is 0.822. The lowest BCUT2D eigenvalue weighted by Crippen LogP contribution is -2.62. The lowest BCUT2D eigenvalue weighted by atomic mass is 9.96. The summed E-state index contributed by atoms with van der Waals surface area (Å²) in [6.07, 6.45) is 0. The van der Waals surface area contributed by atoms with Crippen LogP contribution in [-0.2, 0) is 11.4 Å². The number of carbonyl (C=O) groups excluding carboxylic acids is 1. The number of hydrogen-bond donors (Lipinski definition) is 2. The monoisotopic (exact) mass is 259 g/mol. The molecule has 19 heavy (non-hydrogen) atoms. The van der Waals surface area contributed by atoms with Crippen molar-refractivity contribution in [2.45, 2.75) is 26.0 Å². The molecule has 1 amide bonds. The van der Waals surface area contributed by atoms with Gasteiger partial charge in [0.15, 0.2) is 0 Å². The Bertz CT molecular complexity index is 546. The third-order valence-electron chi connectivity index (χ3n) is 3.51. The summed E-state index contributed by atoms with van der Waals surface area (Å²) in [6.45, 7) is 4.80. The van der Waals surface area contributed by atoms with E-state index in [2.05, 4.69) is 11.4 Å². The molecule has 0 unspecified atom stereocenters. The van der Waals surface area contributed by atoms with Crippen LogP contribution in [0.2, 0.25) is 0 Å². The zero-order valence-corrected chi connectivity index (χ0v) is 11.1. The Hall–Kier alpha value is -2.06. The van der Waals surface area contributed by atoms with Gasteiger partial charge in [0.25, 0.3) is 0 Å². The molecule has 1 saturated heterocycles. The Morgan fingerprint density at radius 2 is 2.26 bits per heavy atom. The fourth-order valence-corrected chi connectivity index (χ4v) is 2.33. The maximum Gasteiger partial charge on any atom is 0.245 e. The number of aliphatic hydroxyl groups is 1. The first-order valence-electron chi connectivity index (χ1n) is 6.20. The molecule has 0 aromatic heterocycles. The highest BCUT2D eigenvalue weighted by molar-refractivity contribution is 5.91. The molecule has 2 N–H and O–H groups in total. The molecule has 100 valence electrons. The van der Waals surface area contributed by atoms with E-state index in [1.54, 1.807) is 18.2 Å². The number of aliphatic hydroxyl groups excluding tert-OH is 1. The summed E-state index contributed by atoms with van der Waals surface area (Å²) in [5.74, 6) is -0.0473. The molecule has 0 bridgehead atoms. The van der Waals surface area contributed by atoms with Crippen molar-refractivity contribution >= 4 is 11.6 Å². The van der Waals surface area contributed by atoms with E-state index in [9.17, 15) is 10.1 Å². The number of anilines is 1. The Balaban J connectivity index is 2.46. The molecule has 0 spiro atoms. The van der Waals surface area contributed by atoms with E-state index < -0.39 is 5.54 Å². The van der Waals surface area contributed by atoms with E-state index in [4.69, 9.17) is 5.11 Å². The molecule has 5 heteroatoms. The molecule has 2 rings (SSSR count). The zero-order valence-electron chi connectivity index (χ0n) is 11.1. The molecule has 1 aliphatic heterocycles. The highest BCUT2D eigenvalue weighted by atomic mass is 16.3. The van der Waals surface area contributed by atoms with Gasteiger partial charge in [0, 0.05) is 13.1 Å². The second-order valence-corrected chi connectivity index (χ2v) is 5.09. The predicted molar refractivity (Wildman–Crippen MR) is 71.5 cm³/mol. The van der Waals surface area contributed by atoms with Crippen LogP contribution >= 0.6 is 0 Å². The standard InChI is InChI=1S/C14H17N3O2/c1-14(2)13(19)16-5-6-17(14)12-4-3-10(9-18)7-11(12)8-15/h3-4,7,18H,5-6,9H2,1-2H3,(H,16,19). The van der Waals surface area contributed by atoms with Crippen LogP contribution in [0.4, 0.5) is 5.69 Å². The molecular weight excluding hydrogens is 242 g/mol. The van der Waals surface area contributed by atoms with Crippen molar-refractivity contribution in [3.8, 4) is 6.07 Å². The lowest BCUT2D eigenvalue weighted by molar-refractivity contribution is -0.126. The third-order valence-corrected chi connectivity index (χ3v) is 3.51. The summed E-state index contributed by atoms with van der Waals surface area (Å²) in [5, 5.41) is 21.2. The SMILES string of the molecule is CC1(C)C(=O)NCCN1c1ccc(CO)cc1C#N. The minimum absolute atomic E-state index is 0.0473. The van der Waals surface area contributed by atoms with Gasteiger partial charge in [-0.3, -0.25) is 4.79 Å². The molecule has 0 aliphatic carbocycles. The number of nitriles is 1. The molecule has 0 radical (unpaired) electrons. The summed E-state index contributed by atoms with van der Waals surface area (Å²) in [5.41, 5.74) is 1.22. The zero-order chi connectivity index (χ0) is 14.0. The molecular formula is C14H17N3O2. The van der Waals surface area contributed by atoms with Gasteiger partial charge in [-0.1, -0.05) is 6.07 Å². The van der Waals surface area contributed by atoms with E-state index in [0.717, 1.165) is 5.69 Å². The van der Waals surface area contributed by atoms with Crippen LogP contribution in [0, 0.1) is 11.3 Å². The van der Waals surface area contributed by atoms with Gasteiger partial charge >= 0.3 is 0 Å². The smallest absolute Gasteiger partial charge is 0.245 e. The summed E-state index contributed by atoms with van der Waals surface area (Å²) >= 11 is 0. The highest BCUT2D eigenvalue weighted by Gasteiger charge is 2.38. The maximum absolute atomic E-state index is 11.9. The van der Waals surface area contributed by atoms with Crippen molar-refractivity contribution in [3.63, 3.8) is 0 Å². The molecule has 0 saturated carbocycles. The number of carbonyl (C=O) groups is 1. The molecule has 1 aromatic rings. The number of benzene rings is 1. The molecule has 1 heterocycles. The van der Waals surface area contributed by atoms with Crippen LogP contribution in [0.3, 0.4) is 0 Å². The van der Waals surface area contributed by atoms with Crippen LogP contribution in [0.15, 0.2) is 18.2 Å². The third kappa shape index (κ3) is 2.27. The van der Waals surface area contributed by atoms with Gasteiger partial charge in [-0.15, -0.1) is 0 Å². The highest BCUT2D eigenvalue weighted by Crippen LogP contribution is 2.29. The molecule has 5 nitrogen and oxygen atoms in total. The first-order chi connectivity index (χ1) is 9.00. The summed E-state index contributed by atoms with van der Waals surface area (Å²) < 4.78 is 0. The Labute approximate surface area is 112 Å². The summed E-state index contributed by atoms with van der Waals surface area (Å²) in [4.78, 5) is 13.9.